The van der Waals surface area contributed by atoms with E-state index in [4.69, 9.17) is 14.2 Å². The molecule has 6 nitrogen and oxygen atoms in total. The fraction of sp³-hybridized carbons (Fsp3) is 0.333. The molecular formula is C21H24N2O4S. The first-order valence-electron chi connectivity index (χ1n) is 9.10. The summed E-state index contributed by atoms with van der Waals surface area (Å²) in [6.45, 7) is 3.72. The van der Waals surface area contributed by atoms with Gasteiger partial charge in [-0.15, -0.1) is 0 Å². The fourth-order valence-corrected chi connectivity index (χ4v) is 4.00. The Balaban J connectivity index is 1.95. The van der Waals surface area contributed by atoms with Gasteiger partial charge in [-0.3, -0.25) is 4.79 Å². The molecule has 0 N–H and O–H groups in total. The van der Waals surface area contributed by atoms with Crippen LogP contribution in [0.25, 0.3) is 10.2 Å². The lowest BCUT2D eigenvalue weighted by Gasteiger charge is -2.06. The lowest BCUT2D eigenvalue weighted by molar-refractivity contribution is -0.117. The summed E-state index contributed by atoms with van der Waals surface area (Å²) in [6.07, 6.45) is 0.222. The smallest absolute Gasteiger partial charge is 0.252 e. The number of hydrogen-bond donors (Lipinski definition) is 0. The lowest BCUT2D eigenvalue weighted by atomic mass is 10.1. The topological polar surface area (TPSA) is 62.0 Å². The minimum absolute atomic E-state index is 0.198. The van der Waals surface area contributed by atoms with Crippen molar-refractivity contribution in [2.24, 2.45) is 4.99 Å². The molecule has 0 atom stereocenters. The van der Waals surface area contributed by atoms with Crippen LogP contribution in [-0.2, 0) is 22.5 Å². The third kappa shape index (κ3) is 4.79. The summed E-state index contributed by atoms with van der Waals surface area (Å²) < 4.78 is 19.1. The predicted molar refractivity (Wildman–Crippen MR) is 110 cm³/mol. The van der Waals surface area contributed by atoms with Crippen molar-refractivity contribution in [3.05, 3.63) is 52.8 Å². The fourth-order valence-electron chi connectivity index (χ4n) is 2.90. The number of rotatable bonds is 8. The first-order valence-corrected chi connectivity index (χ1v) is 9.92. The van der Waals surface area contributed by atoms with Crippen LogP contribution in [0.5, 0.6) is 11.5 Å². The second-order valence-electron chi connectivity index (χ2n) is 6.13. The quantitative estimate of drug-likeness (QED) is 0.581. The molecule has 0 radical (unpaired) electrons. The van der Waals surface area contributed by atoms with Gasteiger partial charge >= 0.3 is 0 Å². The Morgan fingerprint density at radius 1 is 1.14 bits per heavy atom. The third-order valence-electron chi connectivity index (χ3n) is 4.19. The molecule has 28 heavy (non-hydrogen) atoms. The highest BCUT2D eigenvalue weighted by atomic mass is 32.1. The molecule has 1 amide bonds. The molecule has 0 aliphatic carbocycles. The van der Waals surface area contributed by atoms with E-state index in [1.54, 1.807) is 14.2 Å². The van der Waals surface area contributed by atoms with Crippen molar-refractivity contribution in [3.8, 4) is 11.5 Å². The van der Waals surface area contributed by atoms with E-state index in [1.807, 2.05) is 54.0 Å². The molecule has 3 rings (SSSR count). The van der Waals surface area contributed by atoms with Crippen LogP contribution in [0.15, 0.2) is 47.5 Å². The van der Waals surface area contributed by atoms with E-state index in [-0.39, 0.29) is 12.3 Å². The van der Waals surface area contributed by atoms with E-state index in [0.29, 0.717) is 24.6 Å². The first kappa shape index (κ1) is 20.1. The molecular weight excluding hydrogens is 376 g/mol. The normalized spacial score (nSPS) is 11.8. The number of amides is 1. The van der Waals surface area contributed by atoms with Crippen LogP contribution in [0.4, 0.5) is 0 Å². The molecule has 0 unspecified atom stereocenters. The number of aromatic nitrogens is 1. The average Bonchev–Trinajstić information content (AvgIpc) is 3.02. The van der Waals surface area contributed by atoms with Crippen LogP contribution in [-0.4, -0.2) is 37.9 Å². The van der Waals surface area contributed by atoms with Gasteiger partial charge in [0.15, 0.2) is 4.80 Å². The summed E-state index contributed by atoms with van der Waals surface area (Å²) >= 11 is 1.48. The van der Waals surface area contributed by atoms with Gasteiger partial charge in [0.25, 0.3) is 5.91 Å². The Morgan fingerprint density at radius 2 is 2.00 bits per heavy atom. The molecule has 1 aromatic heterocycles. The lowest BCUT2D eigenvalue weighted by Crippen LogP contribution is -2.19. The average molecular weight is 401 g/mol. The second-order valence-corrected chi connectivity index (χ2v) is 7.13. The van der Waals surface area contributed by atoms with Crippen LogP contribution < -0.4 is 14.3 Å². The highest BCUT2D eigenvalue weighted by molar-refractivity contribution is 7.16. The van der Waals surface area contributed by atoms with Crippen LogP contribution in [0.2, 0.25) is 0 Å². The van der Waals surface area contributed by atoms with Crippen molar-refractivity contribution >= 4 is 27.5 Å². The van der Waals surface area contributed by atoms with Gasteiger partial charge in [0.05, 0.1) is 37.0 Å². The monoisotopic (exact) mass is 400 g/mol. The zero-order valence-corrected chi connectivity index (χ0v) is 17.1. The van der Waals surface area contributed by atoms with Crippen molar-refractivity contribution in [2.45, 2.75) is 19.9 Å². The summed E-state index contributed by atoms with van der Waals surface area (Å²) in [7, 11) is 3.27. The van der Waals surface area contributed by atoms with E-state index in [1.165, 1.54) is 11.3 Å². The molecule has 3 aromatic rings. The highest BCUT2D eigenvalue weighted by Gasteiger charge is 2.10. The van der Waals surface area contributed by atoms with Crippen LogP contribution >= 0.6 is 11.3 Å². The molecule has 0 bridgehead atoms. The van der Waals surface area contributed by atoms with E-state index in [9.17, 15) is 4.79 Å². The molecule has 148 valence electrons. The van der Waals surface area contributed by atoms with Crippen molar-refractivity contribution < 1.29 is 19.0 Å². The number of thiazole rings is 1. The maximum Gasteiger partial charge on any atom is 0.252 e. The molecule has 0 saturated heterocycles. The van der Waals surface area contributed by atoms with Gasteiger partial charge in [-0.05, 0) is 42.8 Å². The Kier molecular flexibility index (Phi) is 6.84. The van der Waals surface area contributed by atoms with E-state index >= 15 is 0 Å². The van der Waals surface area contributed by atoms with Crippen molar-refractivity contribution in [1.29, 1.82) is 0 Å². The number of carbonyl (C=O) groups excluding carboxylic acids is 1. The predicted octanol–water partition coefficient (Wildman–Crippen LogP) is 3.43. The Labute approximate surface area is 168 Å². The molecule has 0 aliphatic heterocycles. The summed E-state index contributed by atoms with van der Waals surface area (Å²) in [5.41, 5.74) is 1.88. The maximum absolute atomic E-state index is 12.6. The SMILES string of the molecule is CCOc1ccc2c(c1)sc(=NC(=O)Cc1cccc(OC)c1)n2CCOC. The third-order valence-corrected chi connectivity index (χ3v) is 5.24. The molecule has 7 heteroatoms. The zero-order valence-electron chi connectivity index (χ0n) is 16.3. The number of hydrogen-bond acceptors (Lipinski definition) is 5. The second kappa shape index (κ2) is 9.52. The summed E-state index contributed by atoms with van der Waals surface area (Å²) in [5, 5.41) is 0. The van der Waals surface area contributed by atoms with Gasteiger partial charge in [0.1, 0.15) is 11.5 Å². The van der Waals surface area contributed by atoms with Crippen molar-refractivity contribution in [1.82, 2.24) is 4.57 Å². The minimum atomic E-state index is -0.198. The van der Waals surface area contributed by atoms with E-state index < -0.39 is 0 Å². The first-order chi connectivity index (χ1) is 13.6. The van der Waals surface area contributed by atoms with Gasteiger partial charge < -0.3 is 18.8 Å². The van der Waals surface area contributed by atoms with E-state index in [2.05, 4.69) is 4.99 Å². The number of benzene rings is 2. The van der Waals surface area contributed by atoms with Gasteiger partial charge in [-0.25, -0.2) is 0 Å². The van der Waals surface area contributed by atoms with Crippen LogP contribution in [0.3, 0.4) is 0 Å². The number of nitrogens with zero attached hydrogens (tertiary/aromatic N) is 2. The molecule has 0 fully saturated rings. The summed E-state index contributed by atoms with van der Waals surface area (Å²) in [6, 6.07) is 13.4. The molecule has 1 heterocycles. The molecule has 0 saturated carbocycles. The largest absolute Gasteiger partial charge is 0.497 e. The van der Waals surface area contributed by atoms with Crippen LogP contribution in [0.1, 0.15) is 12.5 Å². The van der Waals surface area contributed by atoms with Gasteiger partial charge in [-0.1, -0.05) is 23.5 Å². The Bertz CT molecular complexity index is 1020. The number of methoxy groups -OCH3 is 2. The number of carbonyl (C=O) groups is 1. The number of ether oxygens (including phenoxy) is 3. The molecule has 2 aromatic carbocycles. The highest BCUT2D eigenvalue weighted by Crippen LogP contribution is 2.23. The van der Waals surface area contributed by atoms with Crippen molar-refractivity contribution in [3.63, 3.8) is 0 Å². The van der Waals surface area contributed by atoms with Crippen LogP contribution in [0, 0.1) is 0 Å². The summed E-state index contributed by atoms with van der Waals surface area (Å²) in [4.78, 5) is 17.6. The minimum Gasteiger partial charge on any atom is -0.497 e. The van der Waals surface area contributed by atoms with E-state index in [0.717, 1.165) is 27.3 Å². The Morgan fingerprint density at radius 3 is 2.75 bits per heavy atom. The maximum atomic E-state index is 12.6. The van der Waals surface area contributed by atoms with Gasteiger partial charge in [0, 0.05) is 13.7 Å². The van der Waals surface area contributed by atoms with Gasteiger partial charge in [0.2, 0.25) is 0 Å². The molecule has 0 aliphatic rings. The molecule has 0 spiro atoms. The zero-order chi connectivity index (χ0) is 19.9. The van der Waals surface area contributed by atoms with Gasteiger partial charge in [-0.2, -0.15) is 4.99 Å². The van der Waals surface area contributed by atoms with Crippen molar-refractivity contribution in [2.75, 3.05) is 27.4 Å². The standard InChI is InChI=1S/C21H24N2O4S/c1-4-27-17-8-9-18-19(14-17)28-21(23(18)10-11-25-2)22-20(24)13-15-6-5-7-16(12-15)26-3/h5-9,12,14H,4,10-11,13H2,1-3H3. The summed E-state index contributed by atoms with van der Waals surface area (Å²) in [5.74, 6) is 1.34. The number of fused-ring (bicyclic) bond motifs is 1. The Hall–Kier alpha value is -2.64.